The molecule has 4 N–H and O–H groups in total. The van der Waals surface area contributed by atoms with E-state index in [1.54, 1.807) is 56.4 Å². The van der Waals surface area contributed by atoms with Crippen molar-refractivity contribution in [3.05, 3.63) is 69.6 Å². The molecule has 1 unspecified atom stereocenters. The Bertz CT molecular complexity index is 1490. The normalized spacial score (nSPS) is 15.0. The molecule has 3 aromatic rings. The second kappa shape index (κ2) is 10.7. The van der Waals surface area contributed by atoms with Crippen LogP contribution in [0.1, 0.15) is 49.4 Å². The van der Waals surface area contributed by atoms with Crippen molar-refractivity contribution >= 4 is 38.5 Å². The number of nitrogen functional groups attached to an aromatic ring is 1. The van der Waals surface area contributed by atoms with Gasteiger partial charge in [-0.05, 0) is 49.4 Å². The number of nitrogens with zero attached hydrogens (tertiary/aromatic N) is 2. The van der Waals surface area contributed by atoms with E-state index in [1.165, 1.54) is 4.57 Å². The lowest BCUT2D eigenvalue weighted by Crippen LogP contribution is -2.41. The van der Waals surface area contributed by atoms with Crippen LogP contribution in [0.15, 0.2) is 47.3 Å². The summed E-state index contributed by atoms with van der Waals surface area (Å²) >= 11 is 0. The predicted molar refractivity (Wildman–Crippen MR) is 142 cm³/mol. The summed E-state index contributed by atoms with van der Waals surface area (Å²) in [5, 5.41) is 6.23. The number of nitrogens with one attached hydrogen (secondary N) is 2. The van der Waals surface area contributed by atoms with Crippen LogP contribution in [0.2, 0.25) is 0 Å². The zero-order valence-electron chi connectivity index (χ0n) is 20.9. The van der Waals surface area contributed by atoms with Crippen molar-refractivity contribution in [3.8, 4) is 0 Å². The minimum Gasteiger partial charge on any atom is -0.465 e. The number of nitrogens with two attached hydrogens (primary N) is 1. The van der Waals surface area contributed by atoms with Crippen LogP contribution in [-0.4, -0.2) is 41.6 Å². The molecule has 4 rings (SSSR count). The second-order valence-corrected chi connectivity index (χ2v) is 11.1. The Morgan fingerprint density at radius 1 is 1.22 bits per heavy atom. The van der Waals surface area contributed by atoms with E-state index in [4.69, 9.17) is 15.9 Å². The number of hydrogen-bond acceptors (Lipinski definition) is 7. The van der Waals surface area contributed by atoms with Gasteiger partial charge in [0.05, 0.1) is 23.3 Å². The Balaban J connectivity index is 1.65. The first kappa shape index (κ1) is 26.3. The lowest BCUT2D eigenvalue weighted by molar-refractivity contribution is -0.143. The summed E-state index contributed by atoms with van der Waals surface area (Å²) in [6, 6.07) is 11.7. The number of carbonyl (C=O) groups is 1. The Kier molecular flexibility index (Phi) is 7.63. The summed E-state index contributed by atoms with van der Waals surface area (Å²) in [6.07, 6.45) is 3.32. The number of ether oxygens (including phenoxy) is 1. The van der Waals surface area contributed by atoms with E-state index in [0.717, 1.165) is 18.4 Å². The third-order valence-corrected chi connectivity index (χ3v) is 8.49. The molecule has 0 radical (unpaired) electrons. The van der Waals surface area contributed by atoms with Crippen molar-refractivity contribution in [2.45, 2.75) is 44.3 Å². The number of esters is 1. The zero-order chi connectivity index (χ0) is 26.7. The molecular formula is C26H31N5O5S. The fourth-order valence-electron chi connectivity index (χ4n) is 4.85. The summed E-state index contributed by atoms with van der Waals surface area (Å²) in [5.74, 6) is -1.07. The molecule has 10 nitrogen and oxygen atoms in total. The van der Waals surface area contributed by atoms with Crippen molar-refractivity contribution in [1.29, 1.82) is 5.41 Å². The highest BCUT2D eigenvalue weighted by Gasteiger charge is 2.42. The smallest absolute Gasteiger partial charge is 0.326 e. The van der Waals surface area contributed by atoms with Crippen molar-refractivity contribution in [2.24, 2.45) is 18.7 Å². The minimum absolute atomic E-state index is 0.0422. The largest absolute Gasteiger partial charge is 0.465 e. The number of aryl methyl sites for hydroxylation is 1. The standard InChI is InChI=1S/C26H31N5O5S/c1-3-36-26(33)23(17-6-4-5-7-17)37(34,35)30-19-12-13-22-20(15-19)29-21(25(32)31(22)2)14-16-8-10-18(11-9-16)24(27)28/h8-13,15,17,23,30H,3-7,14H2,1-2H3,(H3,27,28). The molecule has 11 heteroatoms. The Morgan fingerprint density at radius 2 is 1.89 bits per heavy atom. The number of carbonyl (C=O) groups excluding carboxylic acids is 1. The number of anilines is 1. The first-order valence-corrected chi connectivity index (χ1v) is 13.8. The quantitative estimate of drug-likeness (QED) is 0.220. The van der Waals surface area contributed by atoms with Gasteiger partial charge in [0, 0.05) is 19.0 Å². The van der Waals surface area contributed by atoms with Gasteiger partial charge in [0.15, 0.2) is 5.25 Å². The number of sulfonamides is 1. The molecule has 37 heavy (non-hydrogen) atoms. The zero-order valence-corrected chi connectivity index (χ0v) is 21.7. The van der Waals surface area contributed by atoms with E-state index in [-0.39, 0.29) is 36.0 Å². The van der Waals surface area contributed by atoms with E-state index in [2.05, 4.69) is 9.71 Å². The molecule has 1 saturated carbocycles. The summed E-state index contributed by atoms with van der Waals surface area (Å²) in [7, 11) is -2.45. The molecule has 1 fully saturated rings. The molecule has 1 heterocycles. The van der Waals surface area contributed by atoms with Gasteiger partial charge < -0.3 is 15.0 Å². The molecule has 0 spiro atoms. The van der Waals surface area contributed by atoms with Crippen LogP contribution in [0, 0.1) is 11.3 Å². The maximum absolute atomic E-state index is 13.3. The van der Waals surface area contributed by atoms with Crippen LogP contribution in [0.5, 0.6) is 0 Å². The van der Waals surface area contributed by atoms with E-state index in [9.17, 15) is 18.0 Å². The molecule has 0 saturated heterocycles. The third kappa shape index (κ3) is 5.66. The molecule has 0 aliphatic heterocycles. The van der Waals surface area contributed by atoms with Gasteiger partial charge in [-0.3, -0.25) is 19.7 Å². The van der Waals surface area contributed by atoms with Crippen molar-refractivity contribution in [1.82, 2.24) is 9.55 Å². The van der Waals surface area contributed by atoms with Crippen LogP contribution in [-0.2, 0) is 33.0 Å². The van der Waals surface area contributed by atoms with Crippen LogP contribution in [0.3, 0.4) is 0 Å². The molecule has 2 aromatic carbocycles. The van der Waals surface area contributed by atoms with Crippen LogP contribution < -0.4 is 16.0 Å². The van der Waals surface area contributed by atoms with Crippen molar-refractivity contribution in [2.75, 3.05) is 11.3 Å². The van der Waals surface area contributed by atoms with E-state index < -0.39 is 21.2 Å². The highest BCUT2D eigenvalue weighted by Crippen LogP contribution is 2.33. The fraction of sp³-hybridized carbons (Fsp3) is 0.385. The number of rotatable bonds is 9. The lowest BCUT2D eigenvalue weighted by Gasteiger charge is -2.22. The van der Waals surface area contributed by atoms with Gasteiger partial charge in [0.2, 0.25) is 10.0 Å². The van der Waals surface area contributed by atoms with Crippen molar-refractivity contribution < 1.29 is 17.9 Å². The predicted octanol–water partition coefficient (Wildman–Crippen LogP) is 2.67. The average molecular weight is 526 g/mol. The molecule has 1 aromatic heterocycles. The van der Waals surface area contributed by atoms with Gasteiger partial charge in [0.25, 0.3) is 5.56 Å². The molecule has 0 bridgehead atoms. The Labute approximate surface area is 215 Å². The van der Waals surface area contributed by atoms with Gasteiger partial charge in [-0.25, -0.2) is 13.4 Å². The van der Waals surface area contributed by atoms with Gasteiger partial charge in [-0.1, -0.05) is 37.1 Å². The molecule has 0 amide bonds. The Morgan fingerprint density at radius 3 is 2.51 bits per heavy atom. The van der Waals surface area contributed by atoms with Crippen LogP contribution in [0.25, 0.3) is 11.0 Å². The first-order valence-electron chi connectivity index (χ1n) is 12.2. The Hall–Kier alpha value is -3.73. The highest BCUT2D eigenvalue weighted by molar-refractivity contribution is 7.94. The van der Waals surface area contributed by atoms with Gasteiger partial charge in [0.1, 0.15) is 11.5 Å². The maximum atomic E-state index is 13.3. The van der Waals surface area contributed by atoms with Crippen LogP contribution in [0.4, 0.5) is 5.69 Å². The summed E-state index contributed by atoms with van der Waals surface area (Å²) in [6.45, 7) is 1.75. The van der Waals surface area contributed by atoms with E-state index in [0.29, 0.717) is 35.1 Å². The average Bonchev–Trinajstić information content (AvgIpc) is 3.36. The molecule has 196 valence electrons. The first-order chi connectivity index (χ1) is 17.6. The number of benzene rings is 2. The number of aromatic nitrogens is 2. The van der Waals surface area contributed by atoms with Crippen LogP contribution >= 0.6 is 0 Å². The highest BCUT2D eigenvalue weighted by atomic mass is 32.2. The molecular weight excluding hydrogens is 494 g/mol. The maximum Gasteiger partial charge on any atom is 0.326 e. The van der Waals surface area contributed by atoms with Gasteiger partial charge in [-0.2, -0.15) is 0 Å². The summed E-state index contributed by atoms with van der Waals surface area (Å²) in [5.41, 5.74) is 8.17. The number of amidine groups is 1. The number of fused-ring (bicyclic) bond motifs is 1. The van der Waals surface area contributed by atoms with Gasteiger partial charge >= 0.3 is 5.97 Å². The van der Waals surface area contributed by atoms with E-state index in [1.807, 2.05) is 0 Å². The lowest BCUT2D eigenvalue weighted by atomic mass is 10.0. The van der Waals surface area contributed by atoms with Gasteiger partial charge in [-0.15, -0.1) is 0 Å². The molecule has 1 aliphatic rings. The fourth-order valence-corrected chi connectivity index (χ4v) is 6.53. The number of hydrogen-bond donors (Lipinski definition) is 3. The van der Waals surface area contributed by atoms with E-state index >= 15 is 0 Å². The molecule has 1 atom stereocenters. The second-order valence-electron chi connectivity index (χ2n) is 9.28. The topological polar surface area (TPSA) is 157 Å². The summed E-state index contributed by atoms with van der Waals surface area (Å²) in [4.78, 5) is 30.1. The van der Waals surface area contributed by atoms with Crippen molar-refractivity contribution in [3.63, 3.8) is 0 Å². The SMILES string of the molecule is CCOC(=O)C(C1CCCC1)S(=O)(=O)Nc1ccc2c(c1)nc(Cc1ccc(C(=N)N)cc1)c(=O)n2C. The molecule has 1 aliphatic carbocycles. The summed E-state index contributed by atoms with van der Waals surface area (Å²) < 4.78 is 35.8. The third-order valence-electron chi connectivity index (χ3n) is 6.72. The monoisotopic (exact) mass is 525 g/mol. The minimum atomic E-state index is -4.09.